The van der Waals surface area contributed by atoms with Crippen LogP contribution in [0.2, 0.25) is 0 Å². The summed E-state index contributed by atoms with van der Waals surface area (Å²) in [6, 6.07) is 5.31. The van der Waals surface area contributed by atoms with E-state index in [0.717, 1.165) is 5.56 Å². The SMILES string of the molecule is COc1cc(CNC(=O)CCl)ccc1OCCO. The zero-order chi connectivity index (χ0) is 13.4. The number of ether oxygens (including phenoxy) is 2. The molecular formula is C12H16ClNO4. The number of nitrogens with one attached hydrogen (secondary N) is 1. The molecule has 0 radical (unpaired) electrons. The highest BCUT2D eigenvalue weighted by atomic mass is 35.5. The minimum atomic E-state index is -0.226. The number of alkyl halides is 1. The van der Waals surface area contributed by atoms with E-state index in [4.69, 9.17) is 26.2 Å². The Kier molecular flexibility index (Phi) is 6.32. The first-order chi connectivity index (χ1) is 8.71. The highest BCUT2D eigenvalue weighted by Gasteiger charge is 2.06. The molecular weight excluding hydrogens is 258 g/mol. The number of rotatable bonds is 7. The van der Waals surface area contributed by atoms with Crippen molar-refractivity contribution in [2.24, 2.45) is 0 Å². The summed E-state index contributed by atoms with van der Waals surface area (Å²) < 4.78 is 10.5. The molecule has 0 saturated carbocycles. The second kappa shape index (κ2) is 7.79. The van der Waals surface area contributed by atoms with Gasteiger partial charge in [-0.3, -0.25) is 4.79 Å². The first kappa shape index (κ1) is 14.6. The van der Waals surface area contributed by atoms with Crippen molar-refractivity contribution in [3.63, 3.8) is 0 Å². The van der Waals surface area contributed by atoms with Gasteiger partial charge in [-0.25, -0.2) is 0 Å². The molecule has 0 aliphatic heterocycles. The Morgan fingerprint density at radius 2 is 2.22 bits per heavy atom. The second-order valence-corrected chi connectivity index (χ2v) is 3.73. The number of hydrogen-bond acceptors (Lipinski definition) is 4. The van der Waals surface area contributed by atoms with Crippen molar-refractivity contribution in [1.29, 1.82) is 0 Å². The summed E-state index contributed by atoms with van der Waals surface area (Å²) in [5, 5.41) is 11.3. The number of benzene rings is 1. The Balaban J connectivity index is 2.68. The molecule has 18 heavy (non-hydrogen) atoms. The number of hydrogen-bond donors (Lipinski definition) is 2. The van der Waals surface area contributed by atoms with Crippen molar-refractivity contribution in [3.05, 3.63) is 23.8 Å². The zero-order valence-electron chi connectivity index (χ0n) is 10.1. The summed E-state index contributed by atoms with van der Waals surface area (Å²) in [5.74, 6) is 0.825. The van der Waals surface area contributed by atoms with E-state index in [1.54, 1.807) is 12.1 Å². The van der Waals surface area contributed by atoms with Gasteiger partial charge in [-0.05, 0) is 17.7 Å². The van der Waals surface area contributed by atoms with Gasteiger partial charge in [0.25, 0.3) is 0 Å². The number of amides is 1. The standard InChI is InChI=1S/C12H16ClNO4/c1-17-11-6-9(8-14-12(16)7-13)2-3-10(11)18-5-4-15/h2-3,6,15H,4-5,7-8H2,1H3,(H,14,16). The van der Waals surface area contributed by atoms with Crippen LogP contribution in [0.3, 0.4) is 0 Å². The summed E-state index contributed by atoms with van der Waals surface area (Å²) in [7, 11) is 1.53. The molecule has 1 aromatic rings. The van der Waals surface area contributed by atoms with Gasteiger partial charge in [-0.2, -0.15) is 0 Å². The van der Waals surface area contributed by atoms with Gasteiger partial charge in [0, 0.05) is 6.54 Å². The zero-order valence-corrected chi connectivity index (χ0v) is 10.9. The predicted octanol–water partition coefficient (Wildman–Crippen LogP) is 0.921. The number of carbonyl (C=O) groups excluding carboxylic acids is 1. The van der Waals surface area contributed by atoms with E-state index >= 15 is 0 Å². The smallest absolute Gasteiger partial charge is 0.235 e. The molecule has 0 unspecified atom stereocenters. The Morgan fingerprint density at radius 3 is 2.83 bits per heavy atom. The van der Waals surface area contributed by atoms with Crippen LogP contribution in [0, 0.1) is 0 Å². The molecule has 0 heterocycles. The van der Waals surface area contributed by atoms with E-state index in [-0.39, 0.29) is 25.0 Å². The maximum Gasteiger partial charge on any atom is 0.235 e. The minimum absolute atomic E-state index is 0.0588. The van der Waals surface area contributed by atoms with Gasteiger partial charge < -0.3 is 19.9 Å². The van der Waals surface area contributed by atoms with Gasteiger partial charge in [0.05, 0.1) is 13.7 Å². The minimum Gasteiger partial charge on any atom is -0.493 e. The van der Waals surface area contributed by atoms with Crippen LogP contribution >= 0.6 is 11.6 Å². The number of carbonyl (C=O) groups is 1. The highest BCUT2D eigenvalue weighted by Crippen LogP contribution is 2.27. The molecule has 5 nitrogen and oxygen atoms in total. The van der Waals surface area contributed by atoms with Gasteiger partial charge in [0.1, 0.15) is 12.5 Å². The van der Waals surface area contributed by atoms with Crippen molar-refractivity contribution >= 4 is 17.5 Å². The third kappa shape index (κ3) is 4.43. The van der Waals surface area contributed by atoms with Gasteiger partial charge in [0.15, 0.2) is 11.5 Å². The third-order valence-electron chi connectivity index (χ3n) is 2.19. The molecule has 100 valence electrons. The van der Waals surface area contributed by atoms with Crippen LogP contribution in [0.5, 0.6) is 11.5 Å². The van der Waals surface area contributed by atoms with Crippen molar-refractivity contribution in [1.82, 2.24) is 5.32 Å². The second-order valence-electron chi connectivity index (χ2n) is 3.47. The lowest BCUT2D eigenvalue weighted by Gasteiger charge is -2.11. The molecule has 0 aromatic heterocycles. The summed E-state index contributed by atoms with van der Waals surface area (Å²) >= 11 is 5.38. The number of aliphatic hydroxyl groups excluding tert-OH is 1. The van der Waals surface area contributed by atoms with Crippen LogP contribution in [0.15, 0.2) is 18.2 Å². The maximum atomic E-state index is 11.0. The highest BCUT2D eigenvalue weighted by molar-refractivity contribution is 6.27. The average Bonchev–Trinajstić information content (AvgIpc) is 2.42. The number of methoxy groups -OCH3 is 1. The molecule has 1 aromatic carbocycles. The molecule has 0 aliphatic carbocycles. The maximum absolute atomic E-state index is 11.0. The predicted molar refractivity (Wildman–Crippen MR) is 68.1 cm³/mol. The lowest BCUT2D eigenvalue weighted by atomic mass is 10.2. The van der Waals surface area contributed by atoms with Crippen LogP contribution in [0.25, 0.3) is 0 Å². The molecule has 0 atom stereocenters. The lowest BCUT2D eigenvalue weighted by Crippen LogP contribution is -2.23. The van der Waals surface area contributed by atoms with E-state index in [2.05, 4.69) is 5.32 Å². The van der Waals surface area contributed by atoms with Crippen molar-refractivity contribution in [2.75, 3.05) is 26.2 Å². The molecule has 2 N–H and O–H groups in total. The Morgan fingerprint density at radius 1 is 1.44 bits per heavy atom. The molecule has 0 bridgehead atoms. The Hall–Kier alpha value is -1.46. The van der Waals surface area contributed by atoms with E-state index in [1.807, 2.05) is 6.07 Å². The van der Waals surface area contributed by atoms with Gasteiger partial charge in [0.2, 0.25) is 5.91 Å². The Labute approximate surface area is 111 Å². The molecule has 1 amide bonds. The van der Waals surface area contributed by atoms with Gasteiger partial charge in [-0.15, -0.1) is 11.6 Å². The van der Waals surface area contributed by atoms with Crippen molar-refractivity contribution in [3.8, 4) is 11.5 Å². The topological polar surface area (TPSA) is 67.8 Å². The molecule has 0 fully saturated rings. The quantitative estimate of drug-likeness (QED) is 0.725. The van der Waals surface area contributed by atoms with Crippen molar-refractivity contribution < 1.29 is 19.4 Å². The van der Waals surface area contributed by atoms with Crippen LogP contribution in [0.1, 0.15) is 5.56 Å². The summed E-state index contributed by atoms with van der Waals surface area (Å²) in [6.45, 7) is 0.525. The summed E-state index contributed by atoms with van der Waals surface area (Å²) in [6.07, 6.45) is 0. The number of halogens is 1. The fraction of sp³-hybridized carbons (Fsp3) is 0.417. The fourth-order valence-corrected chi connectivity index (χ4v) is 1.44. The van der Waals surface area contributed by atoms with Crippen LogP contribution in [-0.4, -0.2) is 37.2 Å². The fourth-order valence-electron chi connectivity index (χ4n) is 1.34. The lowest BCUT2D eigenvalue weighted by molar-refractivity contribution is -0.118. The molecule has 6 heteroatoms. The molecule has 0 spiro atoms. The molecule has 0 saturated heterocycles. The summed E-state index contributed by atoms with van der Waals surface area (Å²) in [4.78, 5) is 11.0. The largest absolute Gasteiger partial charge is 0.493 e. The molecule has 0 aliphatic rings. The third-order valence-corrected chi connectivity index (χ3v) is 2.43. The van der Waals surface area contributed by atoms with E-state index in [1.165, 1.54) is 7.11 Å². The Bertz CT molecular complexity index is 398. The van der Waals surface area contributed by atoms with E-state index in [0.29, 0.717) is 18.0 Å². The van der Waals surface area contributed by atoms with E-state index in [9.17, 15) is 4.79 Å². The first-order valence-corrected chi connectivity index (χ1v) is 5.98. The average molecular weight is 274 g/mol. The monoisotopic (exact) mass is 273 g/mol. The van der Waals surface area contributed by atoms with E-state index < -0.39 is 0 Å². The molecule has 1 rings (SSSR count). The van der Waals surface area contributed by atoms with Gasteiger partial charge in [-0.1, -0.05) is 6.07 Å². The van der Waals surface area contributed by atoms with Crippen LogP contribution in [-0.2, 0) is 11.3 Å². The van der Waals surface area contributed by atoms with Crippen LogP contribution < -0.4 is 14.8 Å². The van der Waals surface area contributed by atoms with Gasteiger partial charge >= 0.3 is 0 Å². The van der Waals surface area contributed by atoms with Crippen molar-refractivity contribution in [2.45, 2.75) is 6.54 Å². The first-order valence-electron chi connectivity index (χ1n) is 5.44. The number of aliphatic hydroxyl groups is 1. The summed E-state index contributed by atoms with van der Waals surface area (Å²) in [5.41, 5.74) is 0.877. The normalized spacial score (nSPS) is 9.94. The van der Waals surface area contributed by atoms with Crippen LogP contribution in [0.4, 0.5) is 0 Å².